The SMILES string of the molecule is CC(C)=CCC/C(C)=C/CC/C(C)=C/CSC[C@H](NC(=O)/C=C/C(=O)O)C(=O)O. The number of allylic oxidation sites excluding steroid dienone is 5. The minimum atomic E-state index is -1.26. The molecule has 0 aliphatic rings. The lowest BCUT2D eigenvalue weighted by atomic mass is 10.1. The first kappa shape index (κ1) is 26.7. The van der Waals surface area contributed by atoms with Gasteiger partial charge in [-0.2, -0.15) is 11.8 Å². The van der Waals surface area contributed by atoms with Gasteiger partial charge < -0.3 is 15.5 Å². The Morgan fingerprint density at radius 3 is 2.03 bits per heavy atom. The zero-order chi connectivity index (χ0) is 22.2. The van der Waals surface area contributed by atoms with Crippen molar-refractivity contribution in [2.45, 2.75) is 59.4 Å². The summed E-state index contributed by atoms with van der Waals surface area (Å²) in [4.78, 5) is 33.1. The summed E-state index contributed by atoms with van der Waals surface area (Å²) >= 11 is 1.40. The van der Waals surface area contributed by atoms with Crippen LogP contribution in [-0.4, -0.2) is 45.6 Å². The van der Waals surface area contributed by atoms with Crippen LogP contribution in [0.3, 0.4) is 0 Å². The quantitative estimate of drug-likeness (QED) is 0.218. The fraction of sp³-hybridized carbons (Fsp3) is 0.500. The molecule has 0 heterocycles. The van der Waals surface area contributed by atoms with Crippen molar-refractivity contribution >= 4 is 29.6 Å². The Labute approximate surface area is 177 Å². The van der Waals surface area contributed by atoms with Crippen molar-refractivity contribution in [1.29, 1.82) is 0 Å². The first-order chi connectivity index (χ1) is 13.6. The number of carbonyl (C=O) groups is 3. The van der Waals surface area contributed by atoms with Crippen molar-refractivity contribution in [3.05, 3.63) is 47.1 Å². The van der Waals surface area contributed by atoms with Crippen LogP contribution in [0, 0.1) is 0 Å². The third-order valence-electron chi connectivity index (χ3n) is 3.95. The largest absolute Gasteiger partial charge is 0.480 e. The highest BCUT2D eigenvalue weighted by Gasteiger charge is 2.18. The summed E-state index contributed by atoms with van der Waals surface area (Å²) in [7, 11) is 0. The summed E-state index contributed by atoms with van der Waals surface area (Å²) in [6.07, 6.45) is 12.2. The van der Waals surface area contributed by atoms with Gasteiger partial charge in [-0.25, -0.2) is 9.59 Å². The maximum absolute atomic E-state index is 11.5. The number of amides is 1. The van der Waals surface area contributed by atoms with E-state index in [4.69, 9.17) is 5.11 Å². The Hall–Kier alpha value is -2.28. The molecule has 7 heteroatoms. The molecule has 0 bridgehead atoms. The summed E-state index contributed by atoms with van der Waals surface area (Å²) in [5.41, 5.74) is 3.98. The molecule has 6 nitrogen and oxygen atoms in total. The molecule has 0 aliphatic heterocycles. The number of aliphatic carboxylic acids is 2. The fourth-order valence-electron chi connectivity index (χ4n) is 2.27. The molecule has 162 valence electrons. The van der Waals surface area contributed by atoms with E-state index >= 15 is 0 Å². The molecule has 0 fully saturated rings. The number of thioether (sulfide) groups is 1. The highest BCUT2D eigenvalue weighted by molar-refractivity contribution is 7.99. The van der Waals surface area contributed by atoms with Gasteiger partial charge in [0.1, 0.15) is 6.04 Å². The molecule has 0 aromatic rings. The Bertz CT molecular complexity index is 673. The molecule has 0 saturated heterocycles. The smallest absolute Gasteiger partial charge is 0.328 e. The third-order valence-corrected chi connectivity index (χ3v) is 4.92. The van der Waals surface area contributed by atoms with Gasteiger partial charge in [0.25, 0.3) is 0 Å². The van der Waals surface area contributed by atoms with Crippen molar-refractivity contribution in [2.75, 3.05) is 11.5 Å². The van der Waals surface area contributed by atoms with Crippen LogP contribution in [0.2, 0.25) is 0 Å². The topological polar surface area (TPSA) is 104 Å². The first-order valence-electron chi connectivity index (χ1n) is 9.58. The molecule has 0 rings (SSSR count). The van der Waals surface area contributed by atoms with E-state index in [1.54, 1.807) is 0 Å². The van der Waals surface area contributed by atoms with Crippen LogP contribution < -0.4 is 5.32 Å². The monoisotopic (exact) mass is 423 g/mol. The summed E-state index contributed by atoms with van der Waals surface area (Å²) in [5, 5.41) is 19.9. The molecular formula is C22H33NO5S. The molecule has 0 saturated carbocycles. The number of carboxylic acid groups (broad SMARTS) is 2. The molecule has 0 spiro atoms. The minimum absolute atomic E-state index is 0.204. The van der Waals surface area contributed by atoms with Gasteiger partial charge >= 0.3 is 11.9 Å². The van der Waals surface area contributed by atoms with E-state index in [9.17, 15) is 19.5 Å². The number of hydrogen-bond donors (Lipinski definition) is 3. The maximum atomic E-state index is 11.5. The molecule has 0 unspecified atom stereocenters. The molecular weight excluding hydrogens is 390 g/mol. The van der Waals surface area contributed by atoms with Gasteiger partial charge in [-0.05, 0) is 53.4 Å². The fourth-order valence-corrected chi connectivity index (χ4v) is 3.27. The van der Waals surface area contributed by atoms with E-state index in [0.717, 1.165) is 31.8 Å². The number of hydrogen-bond acceptors (Lipinski definition) is 4. The Kier molecular flexibility index (Phi) is 14.4. The predicted molar refractivity (Wildman–Crippen MR) is 119 cm³/mol. The van der Waals surface area contributed by atoms with Crippen LogP contribution in [0.25, 0.3) is 0 Å². The number of carboxylic acids is 2. The molecule has 0 aliphatic carbocycles. The number of nitrogens with one attached hydrogen (secondary N) is 1. The summed E-state index contributed by atoms with van der Waals surface area (Å²) in [6.45, 7) is 8.42. The summed E-state index contributed by atoms with van der Waals surface area (Å²) in [6, 6.07) is -1.06. The summed E-state index contributed by atoms with van der Waals surface area (Å²) in [5.74, 6) is -2.29. The number of rotatable bonds is 14. The average molecular weight is 424 g/mol. The third kappa shape index (κ3) is 16.4. The van der Waals surface area contributed by atoms with Crippen LogP contribution in [0.1, 0.15) is 53.4 Å². The van der Waals surface area contributed by atoms with Crippen molar-refractivity contribution in [3.8, 4) is 0 Å². The van der Waals surface area contributed by atoms with E-state index in [0.29, 0.717) is 11.8 Å². The van der Waals surface area contributed by atoms with Crippen LogP contribution in [0.15, 0.2) is 47.1 Å². The normalized spacial score (nSPS) is 13.2. The van der Waals surface area contributed by atoms with Gasteiger partial charge in [0.2, 0.25) is 5.91 Å². The average Bonchev–Trinajstić information content (AvgIpc) is 2.61. The van der Waals surface area contributed by atoms with Crippen molar-refractivity contribution < 1.29 is 24.6 Å². The lowest BCUT2D eigenvalue weighted by molar-refractivity contribution is -0.140. The van der Waals surface area contributed by atoms with Gasteiger partial charge in [-0.3, -0.25) is 4.79 Å². The second kappa shape index (κ2) is 15.6. The van der Waals surface area contributed by atoms with E-state index in [-0.39, 0.29) is 5.75 Å². The molecule has 1 atom stereocenters. The van der Waals surface area contributed by atoms with Gasteiger partial charge in [-0.1, -0.05) is 34.9 Å². The maximum Gasteiger partial charge on any atom is 0.328 e. The standard InChI is InChI=1S/C22H33NO5S/c1-16(2)7-5-8-17(3)9-6-10-18(4)13-14-29-15-19(22(27)28)23-20(24)11-12-21(25)26/h7,9,11-13,19H,5-6,8,10,14-15H2,1-4H3,(H,23,24)(H,25,26)(H,27,28)/b12-11+,17-9+,18-13+/t19-/m0/s1. The minimum Gasteiger partial charge on any atom is -0.480 e. The van der Waals surface area contributed by atoms with Crippen molar-refractivity contribution in [3.63, 3.8) is 0 Å². The first-order valence-corrected chi connectivity index (χ1v) is 10.7. The Morgan fingerprint density at radius 1 is 0.897 bits per heavy atom. The zero-order valence-corrected chi connectivity index (χ0v) is 18.6. The van der Waals surface area contributed by atoms with E-state index in [2.05, 4.69) is 51.2 Å². The molecule has 3 N–H and O–H groups in total. The highest BCUT2D eigenvalue weighted by atomic mass is 32.2. The second-order valence-corrected chi connectivity index (χ2v) is 8.14. The van der Waals surface area contributed by atoms with Crippen molar-refractivity contribution in [1.82, 2.24) is 5.32 Å². The van der Waals surface area contributed by atoms with Crippen LogP contribution >= 0.6 is 11.8 Å². The lowest BCUT2D eigenvalue weighted by Crippen LogP contribution is -2.42. The lowest BCUT2D eigenvalue weighted by Gasteiger charge is -2.12. The molecule has 0 aromatic heterocycles. The van der Waals surface area contributed by atoms with Gasteiger partial charge in [0.05, 0.1) is 0 Å². The van der Waals surface area contributed by atoms with Gasteiger partial charge in [0.15, 0.2) is 0 Å². The van der Waals surface area contributed by atoms with Crippen molar-refractivity contribution in [2.24, 2.45) is 0 Å². The Balaban J connectivity index is 4.27. The molecule has 0 aromatic carbocycles. The highest BCUT2D eigenvalue weighted by Crippen LogP contribution is 2.13. The van der Waals surface area contributed by atoms with Crippen LogP contribution in [0.4, 0.5) is 0 Å². The van der Waals surface area contributed by atoms with E-state index < -0.39 is 23.9 Å². The predicted octanol–water partition coefficient (Wildman–Crippen LogP) is 4.35. The van der Waals surface area contributed by atoms with E-state index in [1.807, 2.05) is 0 Å². The molecule has 0 radical (unpaired) electrons. The molecule has 1 amide bonds. The zero-order valence-electron chi connectivity index (χ0n) is 17.7. The van der Waals surface area contributed by atoms with Gasteiger partial charge in [0, 0.05) is 23.7 Å². The van der Waals surface area contributed by atoms with Gasteiger partial charge in [-0.15, -0.1) is 0 Å². The summed E-state index contributed by atoms with van der Waals surface area (Å²) < 4.78 is 0. The molecule has 29 heavy (non-hydrogen) atoms. The van der Waals surface area contributed by atoms with E-state index in [1.165, 1.54) is 28.5 Å². The Morgan fingerprint density at radius 2 is 1.48 bits per heavy atom. The van der Waals surface area contributed by atoms with Crippen LogP contribution in [0.5, 0.6) is 0 Å². The van der Waals surface area contributed by atoms with Crippen LogP contribution in [-0.2, 0) is 14.4 Å². The number of carbonyl (C=O) groups excluding carboxylic acids is 1. The second-order valence-electron chi connectivity index (χ2n) is 7.07.